The molecular weight excluding hydrogens is 218 g/mol. The molecule has 0 radical (unpaired) electrons. The lowest BCUT2D eigenvalue weighted by Gasteiger charge is -2.15. The number of imidazole rings is 1. The Morgan fingerprint density at radius 1 is 1.44 bits per heavy atom. The minimum absolute atomic E-state index is 0.722. The Morgan fingerprint density at radius 3 is 3.12 bits per heavy atom. The molecule has 0 spiro atoms. The number of fused-ring (bicyclic) bond motifs is 1. The lowest BCUT2D eigenvalue weighted by molar-refractivity contribution is 0.392. The Kier molecular flexibility index (Phi) is 2.69. The summed E-state index contributed by atoms with van der Waals surface area (Å²) >= 11 is 1.70. The van der Waals surface area contributed by atoms with Crippen LogP contribution in [-0.4, -0.2) is 15.9 Å². The van der Waals surface area contributed by atoms with E-state index in [1.54, 1.807) is 11.3 Å². The molecule has 0 saturated heterocycles. The summed E-state index contributed by atoms with van der Waals surface area (Å²) in [5.74, 6) is 1.48. The number of hydrogen-bond donors (Lipinski definition) is 1. The van der Waals surface area contributed by atoms with Crippen LogP contribution in [0.3, 0.4) is 0 Å². The largest absolute Gasteiger partial charge is 0.330 e. The topological polar surface area (TPSA) is 43.3 Å². The zero-order valence-electron chi connectivity index (χ0n) is 9.30. The summed E-state index contributed by atoms with van der Waals surface area (Å²) in [7, 11) is 0. The van der Waals surface area contributed by atoms with Gasteiger partial charge in [0.25, 0.3) is 0 Å². The molecule has 2 aromatic rings. The van der Waals surface area contributed by atoms with Gasteiger partial charge in [-0.05, 0) is 37.6 Å². The highest BCUT2D eigenvalue weighted by molar-refractivity contribution is 7.15. The van der Waals surface area contributed by atoms with Crippen molar-refractivity contribution in [3.05, 3.63) is 23.5 Å². The van der Waals surface area contributed by atoms with Gasteiger partial charge in [0.1, 0.15) is 0 Å². The van der Waals surface area contributed by atoms with Crippen LogP contribution in [0.15, 0.2) is 17.8 Å². The predicted octanol–water partition coefficient (Wildman–Crippen LogP) is 2.31. The van der Waals surface area contributed by atoms with Gasteiger partial charge in [-0.3, -0.25) is 4.40 Å². The van der Waals surface area contributed by atoms with Gasteiger partial charge in [-0.2, -0.15) is 0 Å². The number of nitrogens with two attached hydrogens (primary N) is 1. The fourth-order valence-corrected chi connectivity index (χ4v) is 3.55. The highest BCUT2D eigenvalue weighted by Crippen LogP contribution is 2.33. The van der Waals surface area contributed by atoms with Crippen LogP contribution in [-0.2, 0) is 6.42 Å². The SMILES string of the molecule is NCC1CCCC1Cc1cn2ccsc2n1. The number of thiazole rings is 1. The van der Waals surface area contributed by atoms with E-state index in [4.69, 9.17) is 5.73 Å². The average molecular weight is 235 g/mol. The van der Waals surface area contributed by atoms with E-state index in [1.807, 2.05) is 0 Å². The van der Waals surface area contributed by atoms with E-state index < -0.39 is 0 Å². The molecule has 2 atom stereocenters. The summed E-state index contributed by atoms with van der Waals surface area (Å²) < 4.78 is 2.12. The summed E-state index contributed by atoms with van der Waals surface area (Å²) in [6.07, 6.45) is 9.32. The first-order valence-corrected chi connectivity index (χ1v) is 6.86. The Hall–Kier alpha value is -0.870. The molecule has 1 aliphatic carbocycles. The number of aromatic nitrogens is 2. The standard InChI is InChI=1S/C12H17N3S/c13-7-10-3-1-2-9(10)6-11-8-15-4-5-16-12(15)14-11/h4-5,8-10H,1-3,6-7,13H2. The molecule has 1 aliphatic rings. The second-order valence-corrected chi connectivity index (χ2v) is 5.59. The van der Waals surface area contributed by atoms with E-state index in [-0.39, 0.29) is 0 Å². The molecule has 1 fully saturated rings. The highest BCUT2D eigenvalue weighted by atomic mass is 32.1. The Bertz CT molecular complexity index is 445. The van der Waals surface area contributed by atoms with Crippen molar-refractivity contribution in [3.8, 4) is 0 Å². The fourth-order valence-electron chi connectivity index (χ4n) is 2.84. The second-order valence-electron chi connectivity index (χ2n) is 4.72. The van der Waals surface area contributed by atoms with Crippen LogP contribution >= 0.6 is 11.3 Å². The minimum atomic E-state index is 0.722. The van der Waals surface area contributed by atoms with Gasteiger partial charge in [0.15, 0.2) is 4.96 Å². The van der Waals surface area contributed by atoms with Crippen LogP contribution in [0.1, 0.15) is 25.0 Å². The molecule has 1 saturated carbocycles. The monoisotopic (exact) mass is 235 g/mol. The third-order valence-corrected chi connectivity index (χ3v) is 4.50. The lowest BCUT2D eigenvalue weighted by Crippen LogP contribution is -2.20. The van der Waals surface area contributed by atoms with Crippen molar-refractivity contribution in [1.29, 1.82) is 0 Å². The molecule has 4 heteroatoms. The van der Waals surface area contributed by atoms with Crippen molar-refractivity contribution < 1.29 is 0 Å². The molecule has 0 amide bonds. The quantitative estimate of drug-likeness (QED) is 0.887. The molecule has 86 valence electrons. The molecule has 2 heterocycles. The van der Waals surface area contributed by atoms with Crippen LogP contribution in [0.4, 0.5) is 0 Å². The molecule has 16 heavy (non-hydrogen) atoms. The maximum atomic E-state index is 5.81. The smallest absolute Gasteiger partial charge is 0.193 e. The first-order chi connectivity index (χ1) is 7.86. The van der Waals surface area contributed by atoms with Gasteiger partial charge in [-0.1, -0.05) is 6.42 Å². The summed E-state index contributed by atoms with van der Waals surface area (Å²) in [6.45, 7) is 0.840. The van der Waals surface area contributed by atoms with Gasteiger partial charge < -0.3 is 5.73 Å². The third kappa shape index (κ3) is 1.76. The van der Waals surface area contributed by atoms with Crippen molar-refractivity contribution >= 4 is 16.3 Å². The predicted molar refractivity (Wildman–Crippen MR) is 66.7 cm³/mol. The van der Waals surface area contributed by atoms with Gasteiger partial charge >= 0.3 is 0 Å². The molecule has 2 N–H and O–H groups in total. The number of rotatable bonds is 3. The van der Waals surface area contributed by atoms with E-state index in [0.717, 1.165) is 29.8 Å². The van der Waals surface area contributed by atoms with Gasteiger partial charge in [0.05, 0.1) is 5.69 Å². The van der Waals surface area contributed by atoms with Gasteiger partial charge in [-0.15, -0.1) is 11.3 Å². The molecular formula is C12H17N3S. The van der Waals surface area contributed by atoms with Crippen LogP contribution in [0, 0.1) is 11.8 Å². The lowest BCUT2D eigenvalue weighted by atomic mass is 9.92. The Morgan fingerprint density at radius 2 is 2.31 bits per heavy atom. The Labute approximate surface area is 99.3 Å². The van der Waals surface area contributed by atoms with Crippen LogP contribution in [0.5, 0.6) is 0 Å². The minimum Gasteiger partial charge on any atom is -0.330 e. The maximum Gasteiger partial charge on any atom is 0.193 e. The summed E-state index contributed by atoms with van der Waals surface area (Å²) in [4.78, 5) is 5.75. The van der Waals surface area contributed by atoms with E-state index in [1.165, 1.54) is 25.0 Å². The normalized spacial score (nSPS) is 25.6. The van der Waals surface area contributed by atoms with E-state index in [2.05, 4.69) is 27.2 Å². The molecule has 2 aromatic heterocycles. The van der Waals surface area contributed by atoms with Gasteiger partial charge in [0.2, 0.25) is 0 Å². The van der Waals surface area contributed by atoms with Crippen molar-refractivity contribution in [2.45, 2.75) is 25.7 Å². The summed E-state index contributed by atoms with van der Waals surface area (Å²) in [5.41, 5.74) is 7.04. The fraction of sp³-hybridized carbons (Fsp3) is 0.583. The maximum absolute atomic E-state index is 5.81. The van der Waals surface area contributed by atoms with Gasteiger partial charge in [-0.25, -0.2) is 4.98 Å². The molecule has 0 bridgehead atoms. The van der Waals surface area contributed by atoms with Crippen molar-refractivity contribution in [2.75, 3.05) is 6.54 Å². The van der Waals surface area contributed by atoms with Crippen molar-refractivity contribution in [1.82, 2.24) is 9.38 Å². The van der Waals surface area contributed by atoms with Gasteiger partial charge in [0, 0.05) is 17.8 Å². The number of hydrogen-bond acceptors (Lipinski definition) is 3. The first kappa shape index (κ1) is 10.3. The average Bonchev–Trinajstić information content (AvgIpc) is 2.92. The van der Waals surface area contributed by atoms with E-state index in [9.17, 15) is 0 Å². The molecule has 0 aromatic carbocycles. The zero-order chi connectivity index (χ0) is 11.0. The zero-order valence-corrected chi connectivity index (χ0v) is 10.1. The molecule has 3 rings (SSSR count). The molecule has 2 unspecified atom stereocenters. The summed E-state index contributed by atoms with van der Waals surface area (Å²) in [6, 6.07) is 0. The van der Waals surface area contributed by atoms with Crippen LogP contribution in [0.25, 0.3) is 4.96 Å². The van der Waals surface area contributed by atoms with E-state index in [0.29, 0.717) is 0 Å². The van der Waals surface area contributed by atoms with E-state index >= 15 is 0 Å². The van der Waals surface area contributed by atoms with Crippen molar-refractivity contribution in [3.63, 3.8) is 0 Å². The number of nitrogens with zero attached hydrogens (tertiary/aromatic N) is 2. The third-order valence-electron chi connectivity index (χ3n) is 3.73. The van der Waals surface area contributed by atoms with Crippen LogP contribution in [0.2, 0.25) is 0 Å². The second kappa shape index (κ2) is 4.18. The molecule has 3 nitrogen and oxygen atoms in total. The van der Waals surface area contributed by atoms with Crippen LogP contribution < -0.4 is 5.73 Å². The summed E-state index contributed by atoms with van der Waals surface area (Å²) in [5, 5.41) is 2.07. The first-order valence-electron chi connectivity index (χ1n) is 5.98. The van der Waals surface area contributed by atoms with Crippen molar-refractivity contribution in [2.24, 2.45) is 17.6 Å². The Balaban J connectivity index is 1.76. The molecule has 0 aliphatic heterocycles. The highest BCUT2D eigenvalue weighted by Gasteiger charge is 2.26.